The van der Waals surface area contributed by atoms with Gasteiger partial charge in [-0.3, -0.25) is 4.79 Å². The van der Waals surface area contributed by atoms with Crippen molar-refractivity contribution in [3.05, 3.63) is 53.3 Å². The van der Waals surface area contributed by atoms with E-state index in [1.807, 2.05) is 0 Å². The van der Waals surface area contributed by atoms with Crippen molar-refractivity contribution in [2.45, 2.75) is 41.1 Å². The van der Waals surface area contributed by atoms with E-state index in [4.69, 9.17) is 4.74 Å². The van der Waals surface area contributed by atoms with E-state index in [9.17, 15) is 17.6 Å². The SMILES string of the molecule is COc1ccc(C(=O)N[C@H]2CCSc3ccc(F)cc32)cc1S(=O)(=O)NC1CC1. The number of rotatable bonds is 6. The van der Waals surface area contributed by atoms with Crippen molar-refractivity contribution in [1.82, 2.24) is 10.0 Å². The van der Waals surface area contributed by atoms with Gasteiger partial charge in [0, 0.05) is 22.3 Å². The van der Waals surface area contributed by atoms with Gasteiger partial charge in [0.25, 0.3) is 5.91 Å². The number of hydrogen-bond acceptors (Lipinski definition) is 5. The number of benzene rings is 2. The third-order valence-corrected chi connectivity index (χ3v) is 7.60. The first-order chi connectivity index (χ1) is 13.9. The molecule has 4 rings (SSSR count). The molecule has 9 heteroatoms. The van der Waals surface area contributed by atoms with Crippen LogP contribution in [-0.4, -0.2) is 33.2 Å². The van der Waals surface area contributed by atoms with Crippen LogP contribution >= 0.6 is 11.8 Å². The summed E-state index contributed by atoms with van der Waals surface area (Å²) < 4.78 is 46.8. The average molecular weight is 437 g/mol. The minimum absolute atomic E-state index is 0.0617. The second-order valence-electron chi connectivity index (χ2n) is 7.11. The zero-order chi connectivity index (χ0) is 20.6. The van der Waals surface area contributed by atoms with Crippen molar-refractivity contribution in [3.63, 3.8) is 0 Å². The Morgan fingerprint density at radius 2 is 1.97 bits per heavy atom. The smallest absolute Gasteiger partial charge is 0.251 e. The molecule has 2 aliphatic rings. The van der Waals surface area contributed by atoms with Crippen LogP contribution in [0.25, 0.3) is 0 Å². The lowest BCUT2D eigenvalue weighted by Gasteiger charge is -2.26. The standard InChI is InChI=1S/C20H21FN2O4S2/c1-27-17-6-2-12(10-19(17)29(25,26)23-14-4-5-14)20(24)22-16-8-9-28-18-7-3-13(21)11-15(16)18/h2-3,6-7,10-11,14,16,23H,4-5,8-9H2,1H3,(H,22,24)/t16-/m0/s1. The topological polar surface area (TPSA) is 84.5 Å². The predicted octanol–water partition coefficient (Wildman–Crippen LogP) is 3.24. The van der Waals surface area contributed by atoms with E-state index in [-0.39, 0.29) is 34.1 Å². The quantitative estimate of drug-likeness (QED) is 0.726. The van der Waals surface area contributed by atoms with Crippen molar-refractivity contribution >= 4 is 27.7 Å². The molecule has 1 atom stereocenters. The Labute approximate surface area is 173 Å². The molecule has 2 N–H and O–H groups in total. The van der Waals surface area contributed by atoms with E-state index in [1.54, 1.807) is 17.8 Å². The van der Waals surface area contributed by atoms with E-state index in [1.165, 1.54) is 37.4 Å². The Morgan fingerprint density at radius 3 is 2.69 bits per heavy atom. The van der Waals surface area contributed by atoms with Gasteiger partial charge in [-0.1, -0.05) is 0 Å². The van der Waals surface area contributed by atoms with Gasteiger partial charge in [0.1, 0.15) is 16.5 Å². The largest absolute Gasteiger partial charge is 0.495 e. The molecule has 1 amide bonds. The number of carbonyl (C=O) groups excluding carboxylic acids is 1. The fourth-order valence-electron chi connectivity index (χ4n) is 3.27. The molecule has 0 unspecified atom stereocenters. The number of methoxy groups -OCH3 is 1. The minimum atomic E-state index is -3.79. The molecule has 2 aromatic carbocycles. The van der Waals surface area contributed by atoms with Crippen LogP contribution in [-0.2, 0) is 10.0 Å². The number of fused-ring (bicyclic) bond motifs is 1. The van der Waals surface area contributed by atoms with Gasteiger partial charge in [0.15, 0.2) is 0 Å². The van der Waals surface area contributed by atoms with Crippen LogP contribution in [0.2, 0.25) is 0 Å². The summed E-state index contributed by atoms with van der Waals surface area (Å²) in [6, 6.07) is 8.49. The Bertz CT molecular complexity index is 1050. The average Bonchev–Trinajstić information content (AvgIpc) is 3.51. The number of amides is 1. The molecule has 6 nitrogen and oxygen atoms in total. The van der Waals surface area contributed by atoms with Crippen LogP contribution in [0.5, 0.6) is 5.75 Å². The Kier molecular flexibility index (Phi) is 5.54. The molecule has 1 heterocycles. The van der Waals surface area contributed by atoms with Gasteiger partial charge in [-0.25, -0.2) is 17.5 Å². The lowest BCUT2D eigenvalue weighted by Crippen LogP contribution is -2.31. The van der Waals surface area contributed by atoms with E-state index >= 15 is 0 Å². The lowest BCUT2D eigenvalue weighted by atomic mass is 10.0. The molecule has 0 bridgehead atoms. The molecule has 2 aromatic rings. The number of ether oxygens (including phenoxy) is 1. The molecule has 0 aromatic heterocycles. The number of carbonyl (C=O) groups is 1. The summed E-state index contributed by atoms with van der Waals surface area (Å²) in [5.74, 6) is 0.213. The highest BCUT2D eigenvalue weighted by Gasteiger charge is 2.31. The molecule has 1 aliphatic heterocycles. The summed E-state index contributed by atoms with van der Waals surface area (Å²) in [4.78, 5) is 13.7. The first kappa shape index (κ1) is 20.2. The number of hydrogen-bond donors (Lipinski definition) is 2. The molecular formula is C20H21FN2O4S2. The van der Waals surface area contributed by atoms with Gasteiger partial charge in [-0.05, 0) is 61.2 Å². The maximum atomic E-state index is 13.7. The second-order valence-corrected chi connectivity index (χ2v) is 9.93. The number of thioether (sulfide) groups is 1. The van der Waals surface area contributed by atoms with E-state index in [2.05, 4.69) is 10.0 Å². The molecule has 0 saturated heterocycles. The van der Waals surface area contributed by atoms with Gasteiger partial charge >= 0.3 is 0 Å². The molecule has 0 spiro atoms. The predicted molar refractivity (Wildman–Crippen MR) is 108 cm³/mol. The summed E-state index contributed by atoms with van der Waals surface area (Å²) in [5.41, 5.74) is 0.949. The van der Waals surface area contributed by atoms with Crippen LogP contribution in [0.4, 0.5) is 4.39 Å². The molecule has 0 radical (unpaired) electrons. The maximum Gasteiger partial charge on any atom is 0.251 e. The van der Waals surface area contributed by atoms with Gasteiger partial charge < -0.3 is 10.1 Å². The minimum Gasteiger partial charge on any atom is -0.495 e. The lowest BCUT2D eigenvalue weighted by molar-refractivity contribution is 0.0934. The van der Waals surface area contributed by atoms with Gasteiger partial charge in [-0.2, -0.15) is 0 Å². The van der Waals surface area contributed by atoms with E-state index < -0.39 is 15.9 Å². The van der Waals surface area contributed by atoms with Gasteiger partial charge in [0.2, 0.25) is 10.0 Å². The summed E-state index contributed by atoms with van der Waals surface area (Å²) in [7, 11) is -2.41. The Hall–Kier alpha value is -2.10. The van der Waals surface area contributed by atoms with Crippen molar-refractivity contribution in [1.29, 1.82) is 0 Å². The second kappa shape index (κ2) is 7.97. The highest BCUT2D eigenvalue weighted by Crippen LogP contribution is 2.37. The van der Waals surface area contributed by atoms with Crippen LogP contribution < -0.4 is 14.8 Å². The zero-order valence-electron chi connectivity index (χ0n) is 15.8. The molecule has 29 heavy (non-hydrogen) atoms. The Balaban J connectivity index is 1.60. The van der Waals surface area contributed by atoms with Gasteiger partial charge in [0.05, 0.1) is 13.2 Å². The molecule has 1 aliphatic carbocycles. The first-order valence-electron chi connectivity index (χ1n) is 9.31. The fraction of sp³-hybridized carbons (Fsp3) is 0.350. The monoisotopic (exact) mass is 436 g/mol. The van der Waals surface area contributed by atoms with Crippen molar-refractivity contribution in [2.75, 3.05) is 12.9 Å². The highest BCUT2D eigenvalue weighted by atomic mass is 32.2. The Morgan fingerprint density at radius 1 is 1.17 bits per heavy atom. The molecule has 1 saturated carbocycles. The molecule has 1 fully saturated rings. The van der Waals surface area contributed by atoms with Gasteiger partial charge in [-0.15, -0.1) is 11.8 Å². The summed E-state index contributed by atoms with van der Waals surface area (Å²) in [5, 5.41) is 2.91. The summed E-state index contributed by atoms with van der Waals surface area (Å²) in [6.45, 7) is 0. The van der Waals surface area contributed by atoms with Crippen molar-refractivity contribution < 1.29 is 22.3 Å². The van der Waals surface area contributed by atoms with Crippen LogP contribution in [0, 0.1) is 5.82 Å². The third-order valence-electron chi connectivity index (χ3n) is 4.93. The van der Waals surface area contributed by atoms with E-state index in [0.717, 1.165) is 29.1 Å². The fourth-order valence-corrected chi connectivity index (χ4v) is 5.87. The van der Waals surface area contributed by atoms with E-state index in [0.29, 0.717) is 6.42 Å². The maximum absolute atomic E-state index is 13.7. The molecular weight excluding hydrogens is 415 g/mol. The third kappa shape index (κ3) is 4.41. The van der Waals surface area contributed by atoms with Crippen molar-refractivity contribution in [3.8, 4) is 5.75 Å². The van der Waals surface area contributed by atoms with Crippen molar-refractivity contribution in [2.24, 2.45) is 0 Å². The zero-order valence-corrected chi connectivity index (χ0v) is 17.4. The number of halogens is 1. The number of nitrogens with one attached hydrogen (secondary N) is 2. The summed E-state index contributed by atoms with van der Waals surface area (Å²) >= 11 is 1.62. The molecule has 154 valence electrons. The van der Waals surface area contributed by atoms with Crippen LogP contribution in [0.3, 0.4) is 0 Å². The normalized spacial score (nSPS) is 18.8. The van der Waals surface area contributed by atoms with Crippen LogP contribution in [0.15, 0.2) is 46.2 Å². The first-order valence-corrected chi connectivity index (χ1v) is 11.8. The van der Waals surface area contributed by atoms with Crippen LogP contribution in [0.1, 0.15) is 41.2 Å². The number of sulfonamides is 1. The highest BCUT2D eigenvalue weighted by molar-refractivity contribution is 7.99. The summed E-state index contributed by atoms with van der Waals surface area (Å²) in [6.07, 6.45) is 2.27.